The van der Waals surface area contributed by atoms with Crippen molar-refractivity contribution in [2.75, 3.05) is 0 Å². The topological polar surface area (TPSA) is 66.4 Å². The van der Waals surface area contributed by atoms with Gasteiger partial charge in [0, 0.05) is 11.6 Å². The average molecular weight is 281 g/mol. The minimum atomic E-state index is -1.03. The summed E-state index contributed by atoms with van der Waals surface area (Å²) in [5, 5.41) is 11.4. The Labute approximate surface area is 114 Å². The number of aliphatic carboxylic acids is 1. The Morgan fingerprint density at radius 3 is 2.70 bits per heavy atom. The van der Waals surface area contributed by atoms with E-state index in [2.05, 4.69) is 5.32 Å². The summed E-state index contributed by atoms with van der Waals surface area (Å²) in [5.41, 5.74) is -0.0285. The number of benzene rings is 1. The van der Waals surface area contributed by atoms with E-state index in [1.54, 1.807) is 6.08 Å². The highest BCUT2D eigenvalue weighted by Crippen LogP contribution is 2.18. The smallest absolute Gasteiger partial charge is 0.310 e. The maximum Gasteiger partial charge on any atom is 0.310 e. The van der Waals surface area contributed by atoms with E-state index in [1.165, 1.54) is 18.2 Å². The van der Waals surface area contributed by atoms with Gasteiger partial charge in [0.1, 0.15) is 0 Å². The number of carboxylic acids is 1. The molecule has 2 N–H and O–H groups in total. The molecule has 0 aliphatic heterocycles. The van der Waals surface area contributed by atoms with E-state index in [4.69, 9.17) is 5.11 Å². The van der Waals surface area contributed by atoms with Crippen LogP contribution in [0.3, 0.4) is 0 Å². The molecule has 1 amide bonds. The Balaban J connectivity index is 1.92. The van der Waals surface area contributed by atoms with E-state index in [0.29, 0.717) is 0 Å². The van der Waals surface area contributed by atoms with Crippen LogP contribution in [0.25, 0.3) is 0 Å². The van der Waals surface area contributed by atoms with E-state index in [9.17, 15) is 18.4 Å². The van der Waals surface area contributed by atoms with Crippen molar-refractivity contribution in [3.05, 3.63) is 47.5 Å². The number of rotatable bonds is 4. The van der Waals surface area contributed by atoms with Crippen molar-refractivity contribution < 1.29 is 23.5 Å². The Kier molecular flexibility index (Phi) is 4.12. The average Bonchev–Trinajstić information content (AvgIpc) is 2.83. The van der Waals surface area contributed by atoms with Crippen LogP contribution in [0.2, 0.25) is 0 Å². The van der Waals surface area contributed by atoms with Crippen molar-refractivity contribution >= 4 is 11.9 Å². The molecule has 0 spiro atoms. The van der Waals surface area contributed by atoms with Crippen molar-refractivity contribution in [2.24, 2.45) is 5.92 Å². The van der Waals surface area contributed by atoms with E-state index in [1.807, 2.05) is 0 Å². The van der Waals surface area contributed by atoms with E-state index >= 15 is 0 Å². The molecule has 0 saturated heterocycles. The molecule has 0 saturated carbocycles. The highest BCUT2D eigenvalue weighted by atomic mass is 19.2. The molecule has 1 aromatic carbocycles. The molecule has 1 aliphatic carbocycles. The standard InChI is InChI=1S/C14H13F2NO3/c15-11-3-1-2-8(13(11)16)7-12(18)17-10-5-4-9(6-10)14(19)20/h1-5,9-10H,6-7H2,(H,17,18)(H,19,20). The van der Waals surface area contributed by atoms with E-state index < -0.39 is 29.4 Å². The fourth-order valence-corrected chi connectivity index (χ4v) is 2.10. The van der Waals surface area contributed by atoms with Crippen LogP contribution in [-0.2, 0) is 16.0 Å². The minimum absolute atomic E-state index is 0.0285. The first-order valence-electron chi connectivity index (χ1n) is 6.10. The van der Waals surface area contributed by atoms with Gasteiger partial charge in [-0.3, -0.25) is 9.59 Å². The van der Waals surface area contributed by atoms with Gasteiger partial charge in [0.05, 0.1) is 12.3 Å². The lowest BCUT2D eigenvalue weighted by atomic mass is 10.1. The van der Waals surface area contributed by atoms with Crippen LogP contribution < -0.4 is 5.32 Å². The van der Waals surface area contributed by atoms with Crippen LogP contribution in [0.4, 0.5) is 8.78 Å². The lowest BCUT2D eigenvalue weighted by Gasteiger charge is -2.12. The molecule has 1 aromatic rings. The first-order valence-corrected chi connectivity index (χ1v) is 6.10. The molecule has 4 nitrogen and oxygen atoms in total. The number of halogens is 2. The molecule has 2 atom stereocenters. The molecule has 0 radical (unpaired) electrons. The van der Waals surface area contributed by atoms with Gasteiger partial charge in [0.2, 0.25) is 5.91 Å². The molecular weight excluding hydrogens is 268 g/mol. The number of amides is 1. The third-order valence-corrected chi connectivity index (χ3v) is 3.13. The summed E-state index contributed by atoms with van der Waals surface area (Å²) in [6, 6.07) is 3.26. The molecule has 0 heterocycles. The zero-order chi connectivity index (χ0) is 14.7. The number of hydrogen-bond acceptors (Lipinski definition) is 2. The van der Waals surface area contributed by atoms with Crippen LogP contribution >= 0.6 is 0 Å². The molecule has 106 valence electrons. The normalized spacial score (nSPS) is 20.9. The zero-order valence-corrected chi connectivity index (χ0v) is 10.5. The van der Waals surface area contributed by atoms with Crippen molar-refractivity contribution in [1.29, 1.82) is 0 Å². The summed E-state index contributed by atoms with van der Waals surface area (Å²) in [7, 11) is 0. The number of hydrogen-bond donors (Lipinski definition) is 2. The largest absolute Gasteiger partial charge is 0.481 e. The first kappa shape index (κ1) is 14.2. The summed E-state index contributed by atoms with van der Waals surface area (Å²) < 4.78 is 26.4. The maximum absolute atomic E-state index is 13.4. The predicted octanol–water partition coefficient (Wildman–Crippen LogP) is 1.65. The molecule has 6 heteroatoms. The van der Waals surface area contributed by atoms with Crippen LogP contribution in [0, 0.1) is 17.6 Å². The molecule has 2 unspecified atom stereocenters. The summed E-state index contributed by atoms with van der Waals surface area (Å²) in [6.07, 6.45) is 3.09. The summed E-state index contributed by atoms with van der Waals surface area (Å²) in [6.45, 7) is 0. The quantitative estimate of drug-likeness (QED) is 0.825. The summed E-state index contributed by atoms with van der Waals surface area (Å²) in [4.78, 5) is 22.5. The van der Waals surface area contributed by atoms with Gasteiger partial charge in [-0.1, -0.05) is 24.3 Å². The Bertz CT molecular complexity index is 572. The molecule has 2 rings (SSSR count). The Hall–Kier alpha value is -2.24. The Morgan fingerprint density at radius 2 is 2.05 bits per heavy atom. The van der Waals surface area contributed by atoms with Crippen molar-refractivity contribution in [2.45, 2.75) is 18.9 Å². The fourth-order valence-electron chi connectivity index (χ4n) is 2.10. The number of nitrogens with one attached hydrogen (secondary N) is 1. The molecular formula is C14H13F2NO3. The van der Waals surface area contributed by atoms with Gasteiger partial charge in [-0.25, -0.2) is 8.78 Å². The van der Waals surface area contributed by atoms with Crippen molar-refractivity contribution in [1.82, 2.24) is 5.32 Å². The van der Waals surface area contributed by atoms with Gasteiger partial charge in [-0.15, -0.1) is 0 Å². The van der Waals surface area contributed by atoms with Gasteiger partial charge in [-0.05, 0) is 12.5 Å². The fraction of sp³-hybridized carbons (Fsp3) is 0.286. The molecule has 0 bridgehead atoms. The van der Waals surface area contributed by atoms with E-state index in [0.717, 1.165) is 6.07 Å². The second-order valence-electron chi connectivity index (χ2n) is 4.63. The molecule has 0 fully saturated rings. The highest BCUT2D eigenvalue weighted by molar-refractivity contribution is 5.80. The highest BCUT2D eigenvalue weighted by Gasteiger charge is 2.25. The van der Waals surface area contributed by atoms with Crippen LogP contribution in [0.5, 0.6) is 0 Å². The number of carbonyl (C=O) groups excluding carboxylic acids is 1. The van der Waals surface area contributed by atoms with Crippen LogP contribution in [-0.4, -0.2) is 23.0 Å². The van der Waals surface area contributed by atoms with Crippen molar-refractivity contribution in [3.8, 4) is 0 Å². The first-order chi connectivity index (χ1) is 9.47. The van der Waals surface area contributed by atoms with Gasteiger partial charge in [0.15, 0.2) is 11.6 Å². The molecule has 20 heavy (non-hydrogen) atoms. The van der Waals surface area contributed by atoms with Gasteiger partial charge in [0.25, 0.3) is 0 Å². The maximum atomic E-state index is 13.4. The minimum Gasteiger partial charge on any atom is -0.481 e. The summed E-state index contributed by atoms with van der Waals surface area (Å²) in [5.74, 6) is -4.08. The van der Waals surface area contributed by atoms with E-state index in [-0.39, 0.29) is 24.4 Å². The third kappa shape index (κ3) is 3.20. The second kappa shape index (κ2) is 5.81. The summed E-state index contributed by atoms with van der Waals surface area (Å²) >= 11 is 0. The number of carbonyl (C=O) groups is 2. The lowest BCUT2D eigenvalue weighted by molar-refractivity contribution is -0.140. The van der Waals surface area contributed by atoms with Crippen LogP contribution in [0.1, 0.15) is 12.0 Å². The van der Waals surface area contributed by atoms with Crippen LogP contribution in [0.15, 0.2) is 30.4 Å². The van der Waals surface area contributed by atoms with Gasteiger partial charge < -0.3 is 10.4 Å². The molecule has 0 aromatic heterocycles. The molecule has 1 aliphatic rings. The van der Waals surface area contributed by atoms with Gasteiger partial charge in [-0.2, -0.15) is 0 Å². The van der Waals surface area contributed by atoms with Gasteiger partial charge >= 0.3 is 5.97 Å². The predicted molar refractivity (Wildman–Crippen MR) is 66.9 cm³/mol. The zero-order valence-electron chi connectivity index (χ0n) is 10.5. The lowest BCUT2D eigenvalue weighted by Crippen LogP contribution is -2.34. The third-order valence-electron chi connectivity index (χ3n) is 3.13. The number of carboxylic acid groups (broad SMARTS) is 1. The SMILES string of the molecule is O=C(Cc1cccc(F)c1F)NC1C=CC(C(=O)O)C1. The Morgan fingerprint density at radius 1 is 1.30 bits per heavy atom. The monoisotopic (exact) mass is 281 g/mol. The second-order valence-corrected chi connectivity index (χ2v) is 4.63. The van der Waals surface area contributed by atoms with Crippen molar-refractivity contribution in [3.63, 3.8) is 0 Å².